The van der Waals surface area contributed by atoms with Crippen LogP contribution in [0.25, 0.3) is 0 Å². The first-order chi connectivity index (χ1) is 11.1. The Labute approximate surface area is 133 Å². The highest BCUT2D eigenvalue weighted by Crippen LogP contribution is 2.26. The largest absolute Gasteiger partial charge is 0.476 e. The summed E-state index contributed by atoms with van der Waals surface area (Å²) in [6, 6.07) is 7.89. The molecule has 3 rings (SSSR count). The molecular weight excluding hydrogens is 296 g/mol. The van der Waals surface area contributed by atoms with Crippen LogP contribution in [0.4, 0.5) is 11.5 Å². The van der Waals surface area contributed by atoms with Crippen LogP contribution in [0.5, 0.6) is 0 Å². The van der Waals surface area contributed by atoms with E-state index < -0.39 is 5.97 Å². The SMILES string of the molecule is O=C(O)c1cnc(NCC(=O)N2CCCc3ccccc32)cn1. The molecule has 1 aliphatic heterocycles. The summed E-state index contributed by atoms with van der Waals surface area (Å²) < 4.78 is 0. The fraction of sp³-hybridized carbons (Fsp3) is 0.250. The quantitative estimate of drug-likeness (QED) is 0.889. The smallest absolute Gasteiger partial charge is 0.356 e. The summed E-state index contributed by atoms with van der Waals surface area (Å²) in [5, 5.41) is 11.7. The number of hydrogen-bond acceptors (Lipinski definition) is 5. The number of carboxylic acid groups (broad SMARTS) is 1. The van der Waals surface area contributed by atoms with Gasteiger partial charge in [0.05, 0.1) is 18.9 Å². The van der Waals surface area contributed by atoms with E-state index in [-0.39, 0.29) is 18.1 Å². The minimum absolute atomic E-state index is 0.0544. The molecule has 2 aromatic rings. The van der Waals surface area contributed by atoms with E-state index in [9.17, 15) is 9.59 Å². The van der Waals surface area contributed by atoms with Crippen molar-refractivity contribution in [2.45, 2.75) is 12.8 Å². The standard InChI is InChI=1S/C16H16N4O3/c21-15(10-19-14-9-17-12(8-18-14)16(22)23)20-7-3-5-11-4-1-2-6-13(11)20/h1-2,4,6,8-9H,3,5,7,10H2,(H,18,19)(H,22,23). The maximum absolute atomic E-state index is 12.4. The van der Waals surface area contributed by atoms with Crippen molar-refractivity contribution < 1.29 is 14.7 Å². The van der Waals surface area contributed by atoms with Gasteiger partial charge in [0.1, 0.15) is 5.82 Å². The molecule has 2 N–H and O–H groups in total. The van der Waals surface area contributed by atoms with E-state index >= 15 is 0 Å². The maximum atomic E-state index is 12.4. The third kappa shape index (κ3) is 3.28. The number of aryl methyl sites for hydroxylation is 1. The van der Waals surface area contributed by atoms with Gasteiger partial charge in [0.15, 0.2) is 5.69 Å². The molecule has 0 atom stereocenters. The molecular formula is C16H16N4O3. The van der Waals surface area contributed by atoms with E-state index in [1.807, 2.05) is 24.3 Å². The predicted molar refractivity (Wildman–Crippen MR) is 84.6 cm³/mol. The van der Waals surface area contributed by atoms with Crippen molar-refractivity contribution >= 4 is 23.4 Å². The first-order valence-corrected chi connectivity index (χ1v) is 7.32. The van der Waals surface area contributed by atoms with Crippen molar-refractivity contribution in [2.75, 3.05) is 23.3 Å². The molecule has 7 nitrogen and oxygen atoms in total. The molecule has 2 heterocycles. The zero-order chi connectivity index (χ0) is 16.2. The molecule has 1 aromatic heterocycles. The van der Waals surface area contributed by atoms with Crippen LogP contribution in [0.1, 0.15) is 22.5 Å². The van der Waals surface area contributed by atoms with Gasteiger partial charge >= 0.3 is 5.97 Å². The van der Waals surface area contributed by atoms with Gasteiger partial charge in [-0.15, -0.1) is 0 Å². The number of anilines is 2. The second-order valence-corrected chi connectivity index (χ2v) is 5.22. The van der Waals surface area contributed by atoms with E-state index in [1.165, 1.54) is 11.8 Å². The van der Waals surface area contributed by atoms with Gasteiger partial charge in [-0.25, -0.2) is 14.8 Å². The molecule has 0 radical (unpaired) electrons. The molecule has 0 saturated carbocycles. The molecule has 118 valence electrons. The minimum atomic E-state index is -1.13. The van der Waals surface area contributed by atoms with Gasteiger partial charge in [-0.3, -0.25) is 4.79 Å². The van der Waals surface area contributed by atoms with E-state index in [4.69, 9.17) is 5.11 Å². The number of fused-ring (bicyclic) bond motifs is 1. The number of nitrogens with one attached hydrogen (secondary N) is 1. The number of amides is 1. The highest BCUT2D eigenvalue weighted by Gasteiger charge is 2.21. The van der Waals surface area contributed by atoms with E-state index in [2.05, 4.69) is 15.3 Å². The highest BCUT2D eigenvalue weighted by atomic mass is 16.4. The van der Waals surface area contributed by atoms with E-state index in [0.29, 0.717) is 12.4 Å². The van der Waals surface area contributed by atoms with Gasteiger partial charge in [-0.1, -0.05) is 18.2 Å². The fourth-order valence-electron chi connectivity index (χ4n) is 2.58. The monoisotopic (exact) mass is 312 g/mol. The summed E-state index contributed by atoms with van der Waals surface area (Å²) in [4.78, 5) is 32.6. The van der Waals surface area contributed by atoms with Gasteiger partial charge in [0.2, 0.25) is 5.91 Å². The van der Waals surface area contributed by atoms with Crippen molar-refractivity contribution in [3.8, 4) is 0 Å². The fourth-order valence-corrected chi connectivity index (χ4v) is 2.58. The lowest BCUT2D eigenvalue weighted by Crippen LogP contribution is -2.39. The number of carbonyl (C=O) groups is 2. The highest BCUT2D eigenvalue weighted by molar-refractivity contribution is 5.97. The molecule has 0 spiro atoms. The molecule has 0 fully saturated rings. The molecule has 7 heteroatoms. The lowest BCUT2D eigenvalue weighted by Gasteiger charge is -2.29. The maximum Gasteiger partial charge on any atom is 0.356 e. The van der Waals surface area contributed by atoms with Crippen LogP contribution in [-0.2, 0) is 11.2 Å². The second-order valence-electron chi connectivity index (χ2n) is 5.22. The third-order valence-corrected chi connectivity index (χ3v) is 3.70. The van der Waals surface area contributed by atoms with Crippen molar-refractivity contribution in [3.63, 3.8) is 0 Å². The number of rotatable bonds is 4. The van der Waals surface area contributed by atoms with Crippen LogP contribution >= 0.6 is 0 Å². The Hall–Kier alpha value is -2.96. The topological polar surface area (TPSA) is 95.4 Å². The average Bonchev–Trinajstić information content (AvgIpc) is 2.59. The van der Waals surface area contributed by atoms with Crippen molar-refractivity contribution in [3.05, 3.63) is 47.9 Å². The summed E-state index contributed by atoms with van der Waals surface area (Å²) in [6.07, 6.45) is 4.39. The third-order valence-electron chi connectivity index (χ3n) is 3.70. The summed E-state index contributed by atoms with van der Waals surface area (Å²) in [5.41, 5.74) is 2.00. The Morgan fingerprint density at radius 2 is 2.04 bits per heavy atom. The van der Waals surface area contributed by atoms with Crippen molar-refractivity contribution in [1.82, 2.24) is 9.97 Å². The lowest BCUT2D eigenvalue weighted by atomic mass is 10.0. The normalized spacial score (nSPS) is 13.3. The summed E-state index contributed by atoms with van der Waals surface area (Å²) in [6.45, 7) is 0.774. The zero-order valence-corrected chi connectivity index (χ0v) is 12.4. The number of aromatic nitrogens is 2. The summed E-state index contributed by atoms with van der Waals surface area (Å²) in [7, 11) is 0. The van der Waals surface area contributed by atoms with Gasteiger partial charge in [-0.05, 0) is 24.5 Å². The number of nitrogens with zero attached hydrogens (tertiary/aromatic N) is 3. The summed E-state index contributed by atoms with van der Waals surface area (Å²) >= 11 is 0. The van der Waals surface area contributed by atoms with Crippen LogP contribution in [0.15, 0.2) is 36.7 Å². The van der Waals surface area contributed by atoms with Crippen molar-refractivity contribution in [1.29, 1.82) is 0 Å². The molecule has 0 bridgehead atoms. The average molecular weight is 312 g/mol. The second kappa shape index (κ2) is 6.43. The molecule has 0 unspecified atom stereocenters. The number of aromatic carboxylic acids is 1. The Morgan fingerprint density at radius 3 is 2.78 bits per heavy atom. The molecule has 0 aliphatic carbocycles. The first kappa shape index (κ1) is 15.0. The Balaban J connectivity index is 1.65. The molecule has 0 saturated heterocycles. The zero-order valence-electron chi connectivity index (χ0n) is 12.4. The van der Waals surface area contributed by atoms with Crippen LogP contribution in [0, 0.1) is 0 Å². The number of carboxylic acids is 1. The van der Waals surface area contributed by atoms with Crippen LogP contribution in [0.2, 0.25) is 0 Å². The number of carbonyl (C=O) groups excluding carboxylic acids is 1. The number of para-hydroxylation sites is 1. The van der Waals surface area contributed by atoms with Gasteiger partial charge < -0.3 is 15.3 Å². The first-order valence-electron chi connectivity index (χ1n) is 7.32. The molecule has 1 aliphatic rings. The van der Waals surface area contributed by atoms with E-state index in [1.54, 1.807) is 4.90 Å². The van der Waals surface area contributed by atoms with Gasteiger partial charge in [0, 0.05) is 12.2 Å². The Morgan fingerprint density at radius 1 is 1.22 bits per heavy atom. The van der Waals surface area contributed by atoms with E-state index in [0.717, 1.165) is 24.7 Å². The molecule has 1 amide bonds. The van der Waals surface area contributed by atoms with Crippen LogP contribution in [-0.4, -0.2) is 40.0 Å². The van der Waals surface area contributed by atoms with Gasteiger partial charge in [-0.2, -0.15) is 0 Å². The van der Waals surface area contributed by atoms with Gasteiger partial charge in [0.25, 0.3) is 0 Å². The lowest BCUT2D eigenvalue weighted by molar-refractivity contribution is -0.117. The van der Waals surface area contributed by atoms with Crippen LogP contribution < -0.4 is 10.2 Å². The molecule has 23 heavy (non-hydrogen) atoms. The number of benzene rings is 1. The number of hydrogen-bond donors (Lipinski definition) is 2. The minimum Gasteiger partial charge on any atom is -0.476 e. The van der Waals surface area contributed by atoms with Crippen molar-refractivity contribution in [2.24, 2.45) is 0 Å². The Kier molecular flexibility index (Phi) is 4.18. The van der Waals surface area contributed by atoms with Crippen LogP contribution in [0.3, 0.4) is 0 Å². The Bertz CT molecular complexity index is 730. The molecule has 1 aromatic carbocycles. The summed E-state index contributed by atoms with van der Waals surface area (Å²) in [5.74, 6) is -0.819. The predicted octanol–water partition coefficient (Wildman–Crippen LogP) is 1.57.